The topological polar surface area (TPSA) is 18.5 Å². The van der Waals surface area contributed by atoms with E-state index in [-0.39, 0.29) is 40.5 Å². The van der Waals surface area contributed by atoms with Crippen molar-refractivity contribution in [2.24, 2.45) is 17.8 Å². The van der Waals surface area contributed by atoms with Crippen molar-refractivity contribution in [3.63, 3.8) is 0 Å². The van der Waals surface area contributed by atoms with Gasteiger partial charge in [-0.1, -0.05) is 145 Å². The summed E-state index contributed by atoms with van der Waals surface area (Å²) in [7, 11) is 3.64. The molecule has 53 heavy (non-hydrogen) atoms. The number of fused-ring (bicyclic) bond motifs is 2. The maximum absolute atomic E-state index is 5.98. The van der Waals surface area contributed by atoms with Crippen LogP contribution in [0, 0.1) is 17.8 Å². The van der Waals surface area contributed by atoms with Gasteiger partial charge < -0.3 is 9.47 Å². The van der Waals surface area contributed by atoms with E-state index in [4.69, 9.17) is 9.47 Å². The van der Waals surface area contributed by atoms with E-state index >= 15 is 0 Å². The first-order valence-corrected chi connectivity index (χ1v) is 20.3. The van der Waals surface area contributed by atoms with Gasteiger partial charge in [0.2, 0.25) is 0 Å². The van der Waals surface area contributed by atoms with Crippen LogP contribution in [0.3, 0.4) is 0 Å². The number of hydrogen-bond donors (Lipinski definition) is 0. The molecule has 2 fully saturated rings. The van der Waals surface area contributed by atoms with Gasteiger partial charge in [0.05, 0.1) is 14.2 Å². The van der Waals surface area contributed by atoms with E-state index in [9.17, 15) is 0 Å². The molecule has 0 N–H and O–H groups in total. The van der Waals surface area contributed by atoms with Crippen LogP contribution in [0.1, 0.15) is 174 Å². The minimum atomic E-state index is 0. The van der Waals surface area contributed by atoms with Gasteiger partial charge in [0.1, 0.15) is 11.5 Å². The Labute approximate surface area is 337 Å². The van der Waals surface area contributed by atoms with Gasteiger partial charge in [0.15, 0.2) is 0 Å². The molecule has 2 saturated carbocycles. The minimum Gasteiger partial charge on any atom is -0.496 e. The maximum atomic E-state index is 5.98. The summed E-state index contributed by atoms with van der Waals surface area (Å²) < 4.78 is 11.9. The summed E-state index contributed by atoms with van der Waals surface area (Å²) in [6, 6.07) is 16.4. The molecule has 3 heteroatoms. The van der Waals surface area contributed by atoms with Crippen LogP contribution in [0.25, 0.3) is 17.2 Å². The van der Waals surface area contributed by atoms with Crippen molar-refractivity contribution in [3.05, 3.63) is 87.0 Å². The third-order valence-electron chi connectivity index (χ3n) is 12.2. The molecule has 0 saturated heterocycles. The van der Waals surface area contributed by atoms with Crippen molar-refractivity contribution in [2.75, 3.05) is 14.2 Å². The molecule has 0 amide bonds. The predicted molar refractivity (Wildman–Crippen MR) is 226 cm³/mol. The largest absolute Gasteiger partial charge is 1.00 e. The van der Waals surface area contributed by atoms with Crippen molar-refractivity contribution in [2.45, 2.75) is 163 Å². The fourth-order valence-corrected chi connectivity index (χ4v) is 9.60. The molecule has 0 spiro atoms. The third kappa shape index (κ3) is 9.35. The Hall–Kier alpha value is -2.40. The van der Waals surface area contributed by atoms with Crippen LogP contribution in [0.4, 0.5) is 0 Å². The molecule has 4 unspecified atom stereocenters. The number of methoxy groups -OCH3 is 2. The van der Waals surface area contributed by atoms with E-state index in [1.807, 2.05) is 7.11 Å². The average Bonchev–Trinajstić information content (AvgIpc) is 3.62. The van der Waals surface area contributed by atoms with Gasteiger partial charge in [-0.15, -0.1) is 0 Å². The fourth-order valence-electron chi connectivity index (χ4n) is 9.60. The van der Waals surface area contributed by atoms with E-state index in [1.54, 1.807) is 12.7 Å². The van der Waals surface area contributed by atoms with Crippen LogP contribution in [-0.2, 0) is 28.1 Å². The third-order valence-corrected chi connectivity index (χ3v) is 12.2. The minimum absolute atomic E-state index is 0. The SMILES string of the molecule is COc1c(C(C)(C)C)cc(-c2cccc3c2C=C(C)C3)cc1C(C)(C)C.COc1c(C(C)(C)C)cc(C2CCCC3CC(C)CC32)cc1C(C)(C)C.[Li+]. The van der Waals surface area contributed by atoms with Gasteiger partial charge in [-0.05, 0) is 118 Å². The smallest absolute Gasteiger partial charge is 0.496 e. The van der Waals surface area contributed by atoms with Crippen LogP contribution in [-0.4, -0.2) is 14.2 Å². The van der Waals surface area contributed by atoms with E-state index in [1.165, 1.54) is 82.2 Å². The van der Waals surface area contributed by atoms with Gasteiger partial charge in [0, 0.05) is 22.3 Å². The van der Waals surface area contributed by atoms with Crippen molar-refractivity contribution < 1.29 is 28.3 Å². The molecule has 0 radical (unpaired) electrons. The predicted octanol–water partition coefficient (Wildman–Crippen LogP) is 11.1. The van der Waals surface area contributed by atoms with Crippen molar-refractivity contribution in [1.82, 2.24) is 0 Å². The van der Waals surface area contributed by atoms with Gasteiger partial charge in [0.25, 0.3) is 0 Å². The number of rotatable bonds is 4. The Morgan fingerprint density at radius 1 is 0.642 bits per heavy atom. The average molecular weight is 712 g/mol. The van der Waals surface area contributed by atoms with E-state index < -0.39 is 0 Å². The summed E-state index contributed by atoms with van der Waals surface area (Å²) in [4.78, 5) is 0. The Bertz CT molecular complexity index is 1710. The molecule has 0 aromatic heterocycles. The van der Waals surface area contributed by atoms with Crippen LogP contribution in [0.5, 0.6) is 11.5 Å². The molecule has 0 aliphatic heterocycles. The van der Waals surface area contributed by atoms with E-state index in [0.29, 0.717) is 0 Å². The summed E-state index contributed by atoms with van der Waals surface area (Å²) in [5.41, 5.74) is 14.0. The molecule has 3 aliphatic carbocycles. The molecule has 284 valence electrons. The first-order chi connectivity index (χ1) is 24.0. The molecule has 0 heterocycles. The van der Waals surface area contributed by atoms with Crippen LogP contribution < -0.4 is 28.3 Å². The molecule has 4 atom stereocenters. The number of benzene rings is 3. The van der Waals surface area contributed by atoms with Crippen LogP contribution in [0.2, 0.25) is 0 Å². The Kier molecular flexibility index (Phi) is 13.1. The molecule has 2 nitrogen and oxygen atoms in total. The molecule has 3 aromatic rings. The normalized spacial score (nSPS) is 21.5. The fraction of sp³-hybridized carbons (Fsp3) is 0.600. The van der Waals surface area contributed by atoms with Gasteiger partial charge >= 0.3 is 18.9 Å². The first-order valence-electron chi connectivity index (χ1n) is 20.3. The summed E-state index contributed by atoms with van der Waals surface area (Å²) in [6.07, 6.45) is 10.5. The van der Waals surface area contributed by atoms with Crippen molar-refractivity contribution in [1.29, 1.82) is 0 Å². The zero-order chi connectivity index (χ0) is 38.6. The Morgan fingerprint density at radius 2 is 1.13 bits per heavy atom. The van der Waals surface area contributed by atoms with Gasteiger partial charge in [-0.25, -0.2) is 0 Å². The number of hydrogen-bond acceptors (Lipinski definition) is 2. The summed E-state index contributed by atoms with van der Waals surface area (Å²) in [5, 5.41) is 0. The molecular formula is C50H72LiO2+. The van der Waals surface area contributed by atoms with Crippen molar-refractivity contribution >= 4 is 6.08 Å². The summed E-state index contributed by atoms with van der Waals surface area (Å²) >= 11 is 0. The Balaban J connectivity index is 0.000000232. The van der Waals surface area contributed by atoms with Crippen LogP contribution >= 0.6 is 0 Å². The zero-order valence-corrected chi connectivity index (χ0v) is 37.0. The quantitative estimate of drug-likeness (QED) is 0.251. The van der Waals surface area contributed by atoms with Gasteiger partial charge in [-0.3, -0.25) is 0 Å². The molecule has 3 aromatic carbocycles. The molecule has 3 aliphatic rings. The first kappa shape index (κ1) is 43.3. The Morgan fingerprint density at radius 3 is 1.60 bits per heavy atom. The molecule has 6 rings (SSSR count). The zero-order valence-electron chi connectivity index (χ0n) is 37.0. The monoisotopic (exact) mass is 712 g/mol. The van der Waals surface area contributed by atoms with Crippen molar-refractivity contribution in [3.8, 4) is 22.6 Å². The second-order valence-electron chi connectivity index (χ2n) is 20.8. The number of ether oxygens (including phenoxy) is 2. The maximum Gasteiger partial charge on any atom is 1.00 e. The summed E-state index contributed by atoms with van der Waals surface area (Å²) in [5.74, 6) is 5.66. The molecule has 0 bridgehead atoms. The standard InChI is InChI=1S/C25H40O.C25H32O.Li/c2*1-16-12-17-10-9-11-19(20(17)13-16)18-14-21(24(2,3)4)23(26-8)22(15-18)25(5,6)7;/h14-17,19-20H,9-13H2,1-8H3;9-11,13-15H,12H2,1-8H3;/q;;+1. The second-order valence-corrected chi connectivity index (χ2v) is 20.8. The molecular weight excluding hydrogens is 639 g/mol. The summed E-state index contributed by atoms with van der Waals surface area (Å²) in [6.45, 7) is 32.2. The van der Waals surface area contributed by atoms with Crippen LogP contribution in [0.15, 0.2) is 48.0 Å². The van der Waals surface area contributed by atoms with E-state index in [2.05, 4.69) is 145 Å². The van der Waals surface area contributed by atoms with Gasteiger partial charge in [-0.2, -0.15) is 0 Å². The number of allylic oxidation sites excluding steroid dienone is 1. The van der Waals surface area contributed by atoms with E-state index in [0.717, 1.165) is 41.6 Å². The second kappa shape index (κ2) is 16.0.